The predicted molar refractivity (Wildman–Crippen MR) is 102 cm³/mol. The second-order valence-corrected chi connectivity index (χ2v) is 6.32. The van der Waals surface area contributed by atoms with Gasteiger partial charge >= 0.3 is 0 Å². The zero-order valence-corrected chi connectivity index (χ0v) is 15.3. The number of benzene rings is 1. The number of nitrogens with one attached hydrogen (secondary N) is 1. The summed E-state index contributed by atoms with van der Waals surface area (Å²) in [6, 6.07) is 8.99. The quantitative estimate of drug-likeness (QED) is 0.885. The molecule has 26 heavy (non-hydrogen) atoms. The zero-order valence-electron chi connectivity index (χ0n) is 15.3. The van der Waals surface area contributed by atoms with Gasteiger partial charge < -0.3 is 19.7 Å². The molecule has 1 amide bonds. The minimum Gasteiger partial charge on any atom is -0.497 e. The van der Waals surface area contributed by atoms with Gasteiger partial charge in [-0.3, -0.25) is 4.79 Å². The maximum atomic E-state index is 12.5. The molecule has 0 saturated carbocycles. The predicted octanol–water partition coefficient (Wildman–Crippen LogP) is 3.73. The summed E-state index contributed by atoms with van der Waals surface area (Å²) in [5.41, 5.74) is 1.99. The van der Waals surface area contributed by atoms with Crippen LogP contribution in [0.25, 0.3) is 0 Å². The maximum Gasteiger partial charge on any atom is 0.274 e. The highest BCUT2D eigenvalue weighted by atomic mass is 16.5. The van der Waals surface area contributed by atoms with Gasteiger partial charge in [-0.15, -0.1) is 0 Å². The fourth-order valence-electron chi connectivity index (χ4n) is 3.13. The average molecular weight is 355 g/mol. The second kappa shape index (κ2) is 8.56. The molecule has 0 atom stereocenters. The molecular formula is C20H25N3O3. The Morgan fingerprint density at radius 1 is 1.04 bits per heavy atom. The Morgan fingerprint density at radius 2 is 1.81 bits per heavy atom. The van der Waals surface area contributed by atoms with Gasteiger partial charge in [0.05, 0.1) is 31.8 Å². The summed E-state index contributed by atoms with van der Waals surface area (Å²) >= 11 is 0. The molecule has 0 spiro atoms. The Bertz CT molecular complexity index is 738. The van der Waals surface area contributed by atoms with Crippen molar-refractivity contribution in [3.8, 4) is 11.5 Å². The molecule has 0 aliphatic carbocycles. The van der Waals surface area contributed by atoms with Gasteiger partial charge in [0.2, 0.25) is 0 Å². The fraction of sp³-hybridized carbons (Fsp3) is 0.400. The van der Waals surface area contributed by atoms with Crippen LogP contribution in [-0.4, -0.2) is 38.2 Å². The summed E-state index contributed by atoms with van der Waals surface area (Å²) in [4.78, 5) is 19.2. The Hall–Kier alpha value is -2.76. The highest BCUT2D eigenvalue weighted by molar-refractivity contribution is 6.03. The van der Waals surface area contributed by atoms with Crippen molar-refractivity contribution in [2.45, 2.75) is 25.7 Å². The van der Waals surface area contributed by atoms with Crippen molar-refractivity contribution in [1.82, 2.24) is 4.98 Å². The molecule has 1 saturated heterocycles. The van der Waals surface area contributed by atoms with E-state index < -0.39 is 0 Å². The highest BCUT2D eigenvalue weighted by Crippen LogP contribution is 2.29. The number of amides is 1. The number of anilines is 2. The monoisotopic (exact) mass is 355 g/mol. The lowest BCUT2D eigenvalue weighted by atomic mass is 10.2. The third-order valence-electron chi connectivity index (χ3n) is 4.61. The molecule has 6 nitrogen and oxygen atoms in total. The van der Waals surface area contributed by atoms with E-state index in [2.05, 4.69) is 15.2 Å². The molecule has 1 aliphatic rings. The Morgan fingerprint density at radius 3 is 2.42 bits per heavy atom. The minimum atomic E-state index is -0.279. The topological polar surface area (TPSA) is 63.7 Å². The summed E-state index contributed by atoms with van der Waals surface area (Å²) in [5.74, 6) is 0.935. The molecule has 3 rings (SSSR count). The summed E-state index contributed by atoms with van der Waals surface area (Å²) in [6.07, 6.45) is 6.76. The molecule has 1 aromatic heterocycles. The average Bonchev–Trinajstić information content (AvgIpc) is 2.97. The number of methoxy groups -OCH3 is 2. The van der Waals surface area contributed by atoms with Gasteiger partial charge in [0.15, 0.2) is 0 Å². The van der Waals surface area contributed by atoms with Gasteiger partial charge in [-0.2, -0.15) is 0 Å². The summed E-state index contributed by atoms with van der Waals surface area (Å²) in [5, 5.41) is 2.84. The number of hydrogen-bond donors (Lipinski definition) is 1. The minimum absolute atomic E-state index is 0.279. The van der Waals surface area contributed by atoms with E-state index in [0.717, 1.165) is 18.8 Å². The van der Waals surface area contributed by atoms with E-state index >= 15 is 0 Å². The normalized spacial score (nSPS) is 14.5. The largest absolute Gasteiger partial charge is 0.497 e. The van der Waals surface area contributed by atoms with E-state index in [1.807, 2.05) is 6.07 Å². The van der Waals surface area contributed by atoms with Crippen LogP contribution in [0.2, 0.25) is 0 Å². The first-order valence-electron chi connectivity index (χ1n) is 8.95. The molecule has 0 unspecified atom stereocenters. The van der Waals surface area contributed by atoms with Crippen LogP contribution in [0.15, 0.2) is 36.5 Å². The van der Waals surface area contributed by atoms with E-state index in [1.165, 1.54) is 25.7 Å². The van der Waals surface area contributed by atoms with E-state index in [0.29, 0.717) is 22.9 Å². The second-order valence-electron chi connectivity index (χ2n) is 6.32. The summed E-state index contributed by atoms with van der Waals surface area (Å²) in [6.45, 7) is 2.10. The Kier molecular flexibility index (Phi) is 5.94. The number of rotatable bonds is 5. The van der Waals surface area contributed by atoms with Crippen LogP contribution in [0, 0.1) is 0 Å². The lowest BCUT2D eigenvalue weighted by molar-refractivity contribution is 0.102. The lowest BCUT2D eigenvalue weighted by Gasteiger charge is -2.22. The van der Waals surface area contributed by atoms with Crippen molar-refractivity contribution in [3.05, 3.63) is 42.2 Å². The summed E-state index contributed by atoms with van der Waals surface area (Å²) in [7, 11) is 3.14. The molecule has 138 valence electrons. The molecule has 2 aromatic rings. The fourth-order valence-corrected chi connectivity index (χ4v) is 3.13. The van der Waals surface area contributed by atoms with Crippen molar-refractivity contribution in [2.75, 3.05) is 37.5 Å². The van der Waals surface area contributed by atoms with Crippen molar-refractivity contribution in [2.24, 2.45) is 0 Å². The van der Waals surface area contributed by atoms with Crippen LogP contribution in [0.4, 0.5) is 11.4 Å². The Labute approximate surface area is 154 Å². The molecule has 1 fully saturated rings. The Balaban J connectivity index is 1.72. The number of carbonyl (C=O) groups is 1. The molecular weight excluding hydrogens is 330 g/mol. The van der Waals surface area contributed by atoms with Crippen LogP contribution < -0.4 is 19.7 Å². The van der Waals surface area contributed by atoms with E-state index in [-0.39, 0.29) is 5.91 Å². The zero-order chi connectivity index (χ0) is 18.4. The van der Waals surface area contributed by atoms with Crippen LogP contribution in [0.3, 0.4) is 0 Å². The summed E-state index contributed by atoms with van der Waals surface area (Å²) < 4.78 is 10.5. The number of ether oxygens (including phenoxy) is 2. The van der Waals surface area contributed by atoms with Gasteiger partial charge in [0.1, 0.15) is 17.2 Å². The first-order valence-corrected chi connectivity index (χ1v) is 8.95. The van der Waals surface area contributed by atoms with E-state index in [9.17, 15) is 4.79 Å². The molecule has 0 radical (unpaired) electrons. The number of pyridine rings is 1. The van der Waals surface area contributed by atoms with Crippen molar-refractivity contribution >= 4 is 17.3 Å². The van der Waals surface area contributed by atoms with Crippen LogP contribution in [0.1, 0.15) is 36.2 Å². The number of hydrogen-bond acceptors (Lipinski definition) is 5. The first-order chi connectivity index (χ1) is 12.7. The number of aromatic nitrogens is 1. The van der Waals surface area contributed by atoms with Crippen molar-refractivity contribution in [1.29, 1.82) is 0 Å². The smallest absolute Gasteiger partial charge is 0.274 e. The third kappa shape index (κ3) is 4.25. The molecule has 0 bridgehead atoms. The molecule has 1 aliphatic heterocycles. The van der Waals surface area contributed by atoms with Crippen molar-refractivity contribution < 1.29 is 14.3 Å². The third-order valence-corrected chi connectivity index (χ3v) is 4.61. The van der Waals surface area contributed by atoms with E-state index in [1.54, 1.807) is 44.7 Å². The molecule has 2 heterocycles. The van der Waals surface area contributed by atoms with Crippen LogP contribution in [0.5, 0.6) is 11.5 Å². The first kappa shape index (κ1) is 18.0. The standard InChI is InChI=1S/C20H25N3O3/c1-25-16-8-10-19(26-2)18(13-16)22-20(24)17-9-7-15(14-21-17)23-11-5-3-4-6-12-23/h7-10,13-14H,3-6,11-12H2,1-2H3,(H,22,24). The lowest BCUT2D eigenvalue weighted by Crippen LogP contribution is -2.24. The molecule has 1 N–H and O–H groups in total. The van der Waals surface area contributed by atoms with Gasteiger partial charge in [0.25, 0.3) is 5.91 Å². The SMILES string of the molecule is COc1ccc(OC)c(NC(=O)c2ccc(N3CCCCCC3)cn2)c1. The van der Waals surface area contributed by atoms with Gasteiger partial charge in [0, 0.05) is 19.2 Å². The van der Waals surface area contributed by atoms with Gasteiger partial charge in [-0.1, -0.05) is 12.8 Å². The van der Waals surface area contributed by atoms with Crippen molar-refractivity contribution in [3.63, 3.8) is 0 Å². The van der Waals surface area contributed by atoms with Crippen LogP contribution in [-0.2, 0) is 0 Å². The maximum absolute atomic E-state index is 12.5. The van der Waals surface area contributed by atoms with Gasteiger partial charge in [-0.05, 0) is 37.1 Å². The van der Waals surface area contributed by atoms with E-state index in [4.69, 9.17) is 9.47 Å². The molecule has 6 heteroatoms. The van der Waals surface area contributed by atoms with Crippen LogP contribution >= 0.6 is 0 Å². The highest BCUT2D eigenvalue weighted by Gasteiger charge is 2.14. The van der Waals surface area contributed by atoms with Gasteiger partial charge in [-0.25, -0.2) is 4.98 Å². The molecule has 1 aromatic carbocycles. The number of nitrogens with zero attached hydrogens (tertiary/aromatic N) is 2. The number of carbonyl (C=O) groups excluding carboxylic acids is 1.